The summed E-state index contributed by atoms with van der Waals surface area (Å²) in [6, 6.07) is 14.1. The van der Waals surface area contributed by atoms with Crippen LogP contribution in [0.4, 0.5) is 0 Å². The average molecular weight is 359 g/mol. The highest BCUT2D eigenvalue weighted by Gasteiger charge is 2.33. The summed E-state index contributed by atoms with van der Waals surface area (Å²) in [5.74, 6) is 0.637. The van der Waals surface area contributed by atoms with E-state index in [0.717, 1.165) is 30.4 Å². The largest absolute Gasteiger partial charge is 0.497 e. The lowest BCUT2D eigenvalue weighted by Crippen LogP contribution is -2.32. The maximum atomic E-state index is 12.9. The lowest BCUT2D eigenvalue weighted by Gasteiger charge is -2.23. The highest BCUT2D eigenvalue weighted by atomic mass is 32.2. The molecule has 3 rings (SSSR count). The fraction of sp³-hybridized carbons (Fsp3) is 0.316. The van der Waals surface area contributed by atoms with E-state index in [1.54, 1.807) is 19.2 Å². The Hall–Kier alpha value is -2.34. The molecule has 2 aromatic carbocycles. The topological polar surface area (TPSA) is 63.7 Å². The number of nitrogens with zero attached hydrogens (tertiary/aromatic N) is 1. The van der Waals surface area contributed by atoms with Crippen LogP contribution >= 0.6 is 0 Å². The van der Waals surface area contributed by atoms with Crippen molar-refractivity contribution >= 4 is 15.7 Å². The highest BCUT2D eigenvalue weighted by molar-refractivity contribution is 7.90. The van der Waals surface area contributed by atoms with Crippen molar-refractivity contribution in [2.45, 2.75) is 30.3 Å². The van der Waals surface area contributed by atoms with Gasteiger partial charge < -0.3 is 9.64 Å². The third kappa shape index (κ3) is 4.20. The van der Waals surface area contributed by atoms with Crippen LogP contribution in [0, 0.1) is 0 Å². The molecule has 132 valence electrons. The van der Waals surface area contributed by atoms with E-state index in [-0.39, 0.29) is 16.8 Å². The fourth-order valence-corrected chi connectivity index (χ4v) is 3.37. The number of sulfone groups is 1. The quantitative estimate of drug-likeness (QED) is 0.795. The van der Waals surface area contributed by atoms with E-state index in [2.05, 4.69) is 0 Å². The molecule has 0 aliphatic heterocycles. The normalized spacial score (nSPS) is 14.2. The number of methoxy groups -OCH3 is 1. The Morgan fingerprint density at radius 2 is 1.84 bits per heavy atom. The Morgan fingerprint density at radius 3 is 2.40 bits per heavy atom. The van der Waals surface area contributed by atoms with Gasteiger partial charge in [-0.2, -0.15) is 0 Å². The first-order valence-electron chi connectivity index (χ1n) is 8.12. The molecule has 25 heavy (non-hydrogen) atoms. The maximum absolute atomic E-state index is 12.9. The van der Waals surface area contributed by atoms with E-state index in [1.807, 2.05) is 29.2 Å². The van der Waals surface area contributed by atoms with Crippen LogP contribution in [-0.2, 0) is 16.4 Å². The number of carbonyl (C=O) groups is 1. The Morgan fingerprint density at radius 1 is 1.16 bits per heavy atom. The van der Waals surface area contributed by atoms with Crippen molar-refractivity contribution in [1.82, 2.24) is 4.90 Å². The van der Waals surface area contributed by atoms with Gasteiger partial charge in [0.05, 0.1) is 12.0 Å². The predicted molar refractivity (Wildman–Crippen MR) is 95.4 cm³/mol. The summed E-state index contributed by atoms with van der Waals surface area (Å²) in [5.41, 5.74) is 1.42. The van der Waals surface area contributed by atoms with Gasteiger partial charge in [0, 0.05) is 24.4 Å². The molecule has 0 heterocycles. The average Bonchev–Trinajstić information content (AvgIpc) is 3.44. The first-order valence-corrected chi connectivity index (χ1v) is 10.0. The van der Waals surface area contributed by atoms with Gasteiger partial charge in [0.2, 0.25) is 0 Å². The molecular formula is C19H21NO4S. The van der Waals surface area contributed by atoms with Crippen molar-refractivity contribution in [1.29, 1.82) is 0 Å². The number of rotatable bonds is 6. The molecule has 0 atom stereocenters. The van der Waals surface area contributed by atoms with E-state index in [9.17, 15) is 13.2 Å². The fourth-order valence-electron chi connectivity index (χ4n) is 2.71. The van der Waals surface area contributed by atoms with Crippen LogP contribution in [0.5, 0.6) is 5.75 Å². The zero-order valence-corrected chi connectivity index (χ0v) is 15.1. The summed E-state index contributed by atoms with van der Waals surface area (Å²) in [4.78, 5) is 14.9. The van der Waals surface area contributed by atoms with Gasteiger partial charge in [-0.15, -0.1) is 0 Å². The summed E-state index contributed by atoms with van der Waals surface area (Å²) in [5, 5.41) is 0. The zero-order chi connectivity index (χ0) is 18.0. The van der Waals surface area contributed by atoms with E-state index < -0.39 is 9.84 Å². The first kappa shape index (κ1) is 17.5. The van der Waals surface area contributed by atoms with Gasteiger partial charge >= 0.3 is 0 Å². The second-order valence-electron chi connectivity index (χ2n) is 6.31. The van der Waals surface area contributed by atoms with Crippen molar-refractivity contribution in [3.05, 3.63) is 59.7 Å². The van der Waals surface area contributed by atoms with E-state index in [1.165, 1.54) is 12.1 Å². The molecule has 1 aliphatic carbocycles. The third-order valence-corrected chi connectivity index (χ3v) is 5.38. The molecular weight excluding hydrogens is 338 g/mol. The standard InChI is InChI=1S/C19H21NO4S/c1-24-17-10-6-14(7-11-17)13-20(16-8-9-16)19(21)15-4-3-5-18(12-15)25(2,22)23/h3-7,10-12,16H,8-9,13H2,1-2H3. The maximum Gasteiger partial charge on any atom is 0.254 e. The molecule has 0 unspecified atom stereocenters. The van der Waals surface area contributed by atoms with Crippen molar-refractivity contribution in [2.24, 2.45) is 0 Å². The molecule has 5 nitrogen and oxygen atoms in total. The minimum absolute atomic E-state index is 0.135. The molecule has 0 N–H and O–H groups in total. The van der Waals surface area contributed by atoms with E-state index in [0.29, 0.717) is 12.1 Å². The number of ether oxygens (including phenoxy) is 1. The molecule has 1 fully saturated rings. The van der Waals surface area contributed by atoms with Crippen molar-refractivity contribution < 1.29 is 17.9 Å². The van der Waals surface area contributed by atoms with Crippen LogP contribution in [0.3, 0.4) is 0 Å². The summed E-state index contributed by atoms with van der Waals surface area (Å²) < 4.78 is 28.6. The SMILES string of the molecule is COc1ccc(CN(C(=O)c2cccc(S(C)(=O)=O)c2)C2CC2)cc1. The molecule has 1 amide bonds. The smallest absolute Gasteiger partial charge is 0.254 e. The molecule has 0 spiro atoms. The molecule has 0 saturated heterocycles. The molecule has 1 aliphatic rings. The van der Waals surface area contributed by atoms with Gasteiger partial charge in [-0.3, -0.25) is 4.79 Å². The number of carbonyl (C=O) groups excluding carboxylic acids is 1. The summed E-state index contributed by atoms with van der Waals surface area (Å²) in [6.45, 7) is 0.497. The Labute approximate surface area is 148 Å². The van der Waals surface area contributed by atoms with Gasteiger partial charge in [0.15, 0.2) is 9.84 Å². The predicted octanol–water partition coefficient (Wildman–Crippen LogP) is 2.90. The summed E-state index contributed by atoms with van der Waals surface area (Å²) in [7, 11) is -1.73. The van der Waals surface area contributed by atoms with E-state index in [4.69, 9.17) is 4.74 Å². The Kier molecular flexibility index (Phi) is 4.81. The van der Waals surface area contributed by atoms with Crippen molar-refractivity contribution in [2.75, 3.05) is 13.4 Å². The van der Waals surface area contributed by atoms with Gasteiger partial charge in [-0.1, -0.05) is 18.2 Å². The third-order valence-electron chi connectivity index (χ3n) is 4.27. The van der Waals surface area contributed by atoms with Crippen LogP contribution in [-0.4, -0.2) is 38.6 Å². The number of hydrogen-bond donors (Lipinski definition) is 0. The Balaban J connectivity index is 1.84. The number of amides is 1. The molecule has 0 bridgehead atoms. The van der Waals surface area contributed by atoms with Crippen molar-refractivity contribution in [3.63, 3.8) is 0 Å². The van der Waals surface area contributed by atoms with Gasteiger partial charge in [0.25, 0.3) is 5.91 Å². The molecule has 1 saturated carbocycles. The minimum Gasteiger partial charge on any atom is -0.497 e. The van der Waals surface area contributed by atoms with Crippen molar-refractivity contribution in [3.8, 4) is 5.75 Å². The lowest BCUT2D eigenvalue weighted by molar-refractivity contribution is 0.0729. The molecule has 0 radical (unpaired) electrons. The van der Waals surface area contributed by atoms with Gasteiger partial charge in [-0.05, 0) is 48.7 Å². The molecule has 6 heteroatoms. The minimum atomic E-state index is -3.34. The summed E-state index contributed by atoms with van der Waals surface area (Å²) >= 11 is 0. The van der Waals surface area contributed by atoms with Gasteiger partial charge in [-0.25, -0.2) is 8.42 Å². The Bertz CT molecular complexity index is 871. The van der Waals surface area contributed by atoms with Crippen LogP contribution in [0.15, 0.2) is 53.4 Å². The van der Waals surface area contributed by atoms with Crippen LogP contribution in [0.25, 0.3) is 0 Å². The second-order valence-corrected chi connectivity index (χ2v) is 8.33. The summed E-state index contributed by atoms with van der Waals surface area (Å²) in [6.07, 6.45) is 3.11. The lowest BCUT2D eigenvalue weighted by atomic mass is 10.1. The number of benzene rings is 2. The van der Waals surface area contributed by atoms with E-state index >= 15 is 0 Å². The first-order chi connectivity index (χ1) is 11.9. The monoisotopic (exact) mass is 359 g/mol. The van der Waals surface area contributed by atoms with Crippen LogP contribution < -0.4 is 4.74 Å². The number of hydrogen-bond acceptors (Lipinski definition) is 4. The van der Waals surface area contributed by atoms with Crippen LogP contribution in [0.2, 0.25) is 0 Å². The van der Waals surface area contributed by atoms with Crippen LogP contribution in [0.1, 0.15) is 28.8 Å². The molecule has 2 aromatic rings. The highest BCUT2D eigenvalue weighted by Crippen LogP contribution is 2.30. The van der Waals surface area contributed by atoms with Gasteiger partial charge in [0.1, 0.15) is 5.75 Å². The molecule has 0 aromatic heterocycles. The zero-order valence-electron chi connectivity index (χ0n) is 14.3. The second kappa shape index (κ2) is 6.88.